The van der Waals surface area contributed by atoms with E-state index in [1.807, 2.05) is 0 Å². The lowest BCUT2D eigenvalue weighted by Crippen LogP contribution is -2.31. The molecule has 1 heterocycles. The van der Waals surface area contributed by atoms with E-state index in [9.17, 15) is 14.0 Å². The van der Waals surface area contributed by atoms with Gasteiger partial charge in [0.05, 0.1) is 5.56 Å². The fraction of sp³-hybridized carbons (Fsp3) is 0.278. The van der Waals surface area contributed by atoms with Crippen LogP contribution in [-0.4, -0.2) is 35.4 Å². The highest BCUT2D eigenvalue weighted by molar-refractivity contribution is 6.32. The SMILES string of the molecule is Cc1cc(C)c(C(=O)OCC(=O)N(C)Cc2ccccc2F)c(Cl)n1. The summed E-state index contributed by atoms with van der Waals surface area (Å²) >= 11 is 5.98. The maximum Gasteiger partial charge on any atom is 0.342 e. The second-order valence-electron chi connectivity index (χ2n) is 5.66. The summed E-state index contributed by atoms with van der Waals surface area (Å²) in [6.45, 7) is 3.08. The Morgan fingerprint density at radius 3 is 2.60 bits per heavy atom. The molecule has 25 heavy (non-hydrogen) atoms. The highest BCUT2D eigenvalue weighted by Crippen LogP contribution is 2.19. The van der Waals surface area contributed by atoms with E-state index in [0.717, 1.165) is 0 Å². The molecule has 0 fully saturated rings. The molecule has 0 saturated heterocycles. The number of ether oxygens (including phenoxy) is 1. The fourth-order valence-electron chi connectivity index (χ4n) is 2.32. The number of pyridine rings is 1. The molecule has 2 aromatic rings. The van der Waals surface area contributed by atoms with Crippen LogP contribution in [0.1, 0.15) is 27.2 Å². The van der Waals surface area contributed by atoms with E-state index < -0.39 is 24.3 Å². The van der Waals surface area contributed by atoms with Gasteiger partial charge in [-0.1, -0.05) is 29.8 Å². The first kappa shape index (κ1) is 18.9. The van der Waals surface area contributed by atoms with Gasteiger partial charge in [0.1, 0.15) is 11.0 Å². The summed E-state index contributed by atoms with van der Waals surface area (Å²) in [5.74, 6) is -1.57. The van der Waals surface area contributed by atoms with Gasteiger partial charge in [-0.25, -0.2) is 14.2 Å². The summed E-state index contributed by atoms with van der Waals surface area (Å²) in [4.78, 5) is 29.6. The highest BCUT2D eigenvalue weighted by Gasteiger charge is 2.19. The van der Waals surface area contributed by atoms with Crippen molar-refractivity contribution in [1.29, 1.82) is 0 Å². The van der Waals surface area contributed by atoms with Crippen LogP contribution in [0.4, 0.5) is 4.39 Å². The van der Waals surface area contributed by atoms with Crippen LogP contribution < -0.4 is 0 Å². The van der Waals surface area contributed by atoms with Gasteiger partial charge in [0.15, 0.2) is 6.61 Å². The molecule has 1 amide bonds. The van der Waals surface area contributed by atoms with Crippen molar-refractivity contribution in [3.8, 4) is 0 Å². The van der Waals surface area contributed by atoms with Crippen molar-refractivity contribution in [2.45, 2.75) is 20.4 Å². The van der Waals surface area contributed by atoms with Gasteiger partial charge in [0.2, 0.25) is 0 Å². The predicted octanol–water partition coefficient (Wildman–Crippen LogP) is 3.31. The number of benzene rings is 1. The monoisotopic (exact) mass is 364 g/mol. The van der Waals surface area contributed by atoms with Crippen molar-refractivity contribution >= 4 is 23.5 Å². The van der Waals surface area contributed by atoms with Crippen LogP contribution in [0.5, 0.6) is 0 Å². The van der Waals surface area contributed by atoms with E-state index in [1.54, 1.807) is 38.1 Å². The molecule has 0 unspecified atom stereocenters. The van der Waals surface area contributed by atoms with Crippen LogP contribution >= 0.6 is 11.6 Å². The van der Waals surface area contributed by atoms with Crippen LogP contribution in [0.15, 0.2) is 30.3 Å². The summed E-state index contributed by atoms with van der Waals surface area (Å²) in [5.41, 5.74) is 1.82. The molecular formula is C18H18ClFN2O3. The highest BCUT2D eigenvalue weighted by atomic mass is 35.5. The van der Waals surface area contributed by atoms with Crippen molar-refractivity contribution in [2.75, 3.05) is 13.7 Å². The maximum absolute atomic E-state index is 13.6. The number of carbonyl (C=O) groups is 2. The van der Waals surface area contributed by atoms with Gasteiger partial charge >= 0.3 is 5.97 Å². The van der Waals surface area contributed by atoms with E-state index in [-0.39, 0.29) is 17.3 Å². The Hall–Kier alpha value is -2.47. The Morgan fingerprint density at radius 2 is 1.96 bits per heavy atom. The molecule has 0 aliphatic carbocycles. The maximum atomic E-state index is 13.6. The first-order valence-corrected chi connectivity index (χ1v) is 7.95. The lowest BCUT2D eigenvalue weighted by molar-refractivity contribution is -0.133. The fourth-order valence-corrected chi connectivity index (χ4v) is 2.68. The van der Waals surface area contributed by atoms with Gasteiger partial charge < -0.3 is 9.64 Å². The molecule has 132 valence electrons. The van der Waals surface area contributed by atoms with Gasteiger partial charge in [0.25, 0.3) is 5.91 Å². The number of nitrogens with zero attached hydrogens (tertiary/aromatic N) is 2. The second-order valence-corrected chi connectivity index (χ2v) is 6.02. The van der Waals surface area contributed by atoms with Crippen molar-refractivity contribution in [2.24, 2.45) is 0 Å². The first-order chi connectivity index (χ1) is 11.8. The van der Waals surface area contributed by atoms with Crippen LogP contribution in [-0.2, 0) is 16.1 Å². The van der Waals surface area contributed by atoms with Crippen molar-refractivity contribution in [3.63, 3.8) is 0 Å². The minimum absolute atomic E-state index is 0.0367. The number of aromatic nitrogens is 1. The molecule has 0 saturated carbocycles. The third-order valence-electron chi connectivity index (χ3n) is 3.62. The van der Waals surface area contributed by atoms with E-state index in [0.29, 0.717) is 16.8 Å². The molecule has 0 bridgehead atoms. The number of carbonyl (C=O) groups excluding carboxylic acids is 2. The predicted molar refractivity (Wildman–Crippen MR) is 91.9 cm³/mol. The lowest BCUT2D eigenvalue weighted by atomic mass is 10.1. The van der Waals surface area contributed by atoms with Gasteiger partial charge in [-0.2, -0.15) is 0 Å². The average molecular weight is 365 g/mol. The molecule has 2 rings (SSSR count). The Kier molecular flexibility index (Phi) is 6.09. The summed E-state index contributed by atoms with van der Waals surface area (Å²) in [6, 6.07) is 7.87. The summed E-state index contributed by atoms with van der Waals surface area (Å²) < 4.78 is 18.7. The minimum atomic E-state index is -0.720. The van der Waals surface area contributed by atoms with Gasteiger partial charge in [-0.3, -0.25) is 4.79 Å². The smallest absolute Gasteiger partial charge is 0.342 e. The molecule has 1 aromatic heterocycles. The van der Waals surface area contributed by atoms with Crippen molar-refractivity contribution in [3.05, 3.63) is 63.7 Å². The largest absolute Gasteiger partial charge is 0.452 e. The van der Waals surface area contributed by atoms with Crippen LogP contribution in [0, 0.1) is 19.7 Å². The summed E-state index contributed by atoms with van der Waals surface area (Å²) in [5, 5.41) is 0.0367. The zero-order valence-electron chi connectivity index (χ0n) is 14.2. The molecule has 0 aliphatic rings. The second kappa shape index (κ2) is 8.07. The third kappa shape index (κ3) is 4.76. The summed E-state index contributed by atoms with van der Waals surface area (Å²) in [6.07, 6.45) is 0. The molecule has 0 N–H and O–H groups in total. The van der Waals surface area contributed by atoms with Crippen LogP contribution in [0.2, 0.25) is 5.15 Å². The van der Waals surface area contributed by atoms with Crippen LogP contribution in [0.3, 0.4) is 0 Å². The number of rotatable bonds is 5. The van der Waals surface area contributed by atoms with E-state index >= 15 is 0 Å². The molecule has 7 heteroatoms. The van der Waals surface area contributed by atoms with E-state index in [2.05, 4.69) is 4.98 Å². The molecule has 5 nitrogen and oxygen atoms in total. The molecule has 0 spiro atoms. The van der Waals surface area contributed by atoms with Crippen molar-refractivity contribution < 1.29 is 18.7 Å². The Balaban J connectivity index is 1.98. The number of likely N-dealkylation sites (N-methyl/N-ethyl adjacent to an activating group) is 1. The first-order valence-electron chi connectivity index (χ1n) is 7.58. The number of amides is 1. The standard InChI is InChI=1S/C18H18ClFN2O3/c1-11-8-12(2)21-17(19)16(11)18(24)25-10-15(23)22(3)9-13-6-4-5-7-14(13)20/h4-8H,9-10H2,1-3H3. The third-order valence-corrected chi connectivity index (χ3v) is 3.90. The van der Waals surface area contributed by atoms with Gasteiger partial charge in [0, 0.05) is 24.8 Å². The molecule has 1 aromatic carbocycles. The summed E-state index contributed by atoms with van der Waals surface area (Å²) in [7, 11) is 1.51. The average Bonchev–Trinajstić information content (AvgIpc) is 2.53. The normalized spacial score (nSPS) is 10.4. The quantitative estimate of drug-likeness (QED) is 0.603. The lowest BCUT2D eigenvalue weighted by Gasteiger charge is -2.18. The number of hydrogen-bond donors (Lipinski definition) is 0. The van der Waals surface area contributed by atoms with E-state index in [4.69, 9.17) is 16.3 Å². The zero-order valence-corrected chi connectivity index (χ0v) is 14.9. The van der Waals surface area contributed by atoms with Crippen LogP contribution in [0.25, 0.3) is 0 Å². The van der Waals surface area contributed by atoms with Gasteiger partial charge in [-0.05, 0) is 31.5 Å². The molecule has 0 aliphatic heterocycles. The zero-order chi connectivity index (χ0) is 18.6. The number of hydrogen-bond acceptors (Lipinski definition) is 4. The number of esters is 1. The van der Waals surface area contributed by atoms with E-state index in [1.165, 1.54) is 18.0 Å². The Morgan fingerprint density at radius 1 is 1.28 bits per heavy atom. The minimum Gasteiger partial charge on any atom is -0.452 e. The number of halogens is 2. The Bertz CT molecular complexity index is 788. The molecule has 0 radical (unpaired) electrons. The Labute approximate surface area is 150 Å². The molecule has 0 atom stereocenters. The van der Waals surface area contributed by atoms with Gasteiger partial charge in [-0.15, -0.1) is 0 Å². The number of aryl methyl sites for hydroxylation is 2. The van der Waals surface area contributed by atoms with Crippen molar-refractivity contribution in [1.82, 2.24) is 9.88 Å². The molecular weight excluding hydrogens is 347 g/mol. The topological polar surface area (TPSA) is 59.5 Å².